The maximum atomic E-state index is 11.6. The molecular formula is C23H41NO. The van der Waals surface area contributed by atoms with Crippen LogP contribution in [0, 0.1) is 34.5 Å². The van der Waals surface area contributed by atoms with Gasteiger partial charge in [0.15, 0.2) is 0 Å². The Kier molecular flexibility index (Phi) is 4.56. The van der Waals surface area contributed by atoms with Crippen molar-refractivity contribution in [1.29, 1.82) is 0 Å². The molecule has 0 bridgehead atoms. The minimum atomic E-state index is -0.489. The van der Waals surface area contributed by atoms with Crippen LogP contribution in [0.25, 0.3) is 0 Å². The summed E-state index contributed by atoms with van der Waals surface area (Å²) in [6.07, 6.45) is 13.7. The monoisotopic (exact) mass is 347 g/mol. The number of rotatable bonds is 3. The van der Waals surface area contributed by atoms with Crippen molar-refractivity contribution in [1.82, 2.24) is 5.32 Å². The standard InChI is InChI=1S/C23H41NO/c1-16(2)24-15-23(25)14-11-20-18-9-8-17-7-5-6-12-21(17,3)19(18)10-13-22(20,23)4/h16-20,24-25H,5-15H2,1-4H3/t17-,18+,19-,20+,21+,22+,23-/m1/s1. The predicted molar refractivity (Wildman–Crippen MR) is 104 cm³/mol. The predicted octanol–water partition coefficient (Wildman–Crippen LogP) is 5.15. The van der Waals surface area contributed by atoms with Crippen molar-refractivity contribution in [2.24, 2.45) is 34.5 Å². The number of aliphatic hydroxyl groups is 1. The third-order valence-electron chi connectivity index (χ3n) is 9.71. The first-order chi connectivity index (χ1) is 11.8. The quantitative estimate of drug-likeness (QED) is 0.740. The van der Waals surface area contributed by atoms with Gasteiger partial charge in [0, 0.05) is 18.0 Å². The van der Waals surface area contributed by atoms with Gasteiger partial charge in [-0.05, 0) is 80.5 Å². The highest BCUT2D eigenvalue weighted by atomic mass is 16.3. The third kappa shape index (κ3) is 2.64. The molecule has 2 nitrogen and oxygen atoms in total. The fourth-order valence-electron chi connectivity index (χ4n) is 8.07. The highest BCUT2D eigenvalue weighted by Crippen LogP contribution is 2.68. The average molecular weight is 348 g/mol. The molecule has 0 aromatic carbocycles. The Bertz CT molecular complexity index is 504. The fraction of sp³-hybridized carbons (Fsp3) is 1.00. The zero-order chi connectivity index (χ0) is 17.9. The second-order valence-electron chi connectivity index (χ2n) is 11.0. The van der Waals surface area contributed by atoms with E-state index >= 15 is 0 Å². The van der Waals surface area contributed by atoms with E-state index in [0.29, 0.717) is 11.5 Å². The van der Waals surface area contributed by atoms with Crippen LogP contribution in [0.4, 0.5) is 0 Å². The molecule has 4 aliphatic rings. The first-order valence-electron chi connectivity index (χ1n) is 11.3. The van der Waals surface area contributed by atoms with E-state index in [2.05, 4.69) is 33.0 Å². The summed E-state index contributed by atoms with van der Waals surface area (Å²) in [5, 5.41) is 15.2. The van der Waals surface area contributed by atoms with E-state index in [9.17, 15) is 5.11 Å². The second kappa shape index (κ2) is 6.23. The van der Waals surface area contributed by atoms with Gasteiger partial charge in [-0.1, -0.05) is 40.5 Å². The van der Waals surface area contributed by atoms with Crippen molar-refractivity contribution in [3.8, 4) is 0 Å². The molecule has 4 saturated carbocycles. The average Bonchev–Trinajstić information content (AvgIpc) is 2.84. The lowest BCUT2D eigenvalue weighted by atomic mass is 9.44. The van der Waals surface area contributed by atoms with Gasteiger partial charge in [-0.3, -0.25) is 0 Å². The molecule has 0 aromatic heterocycles. The highest BCUT2D eigenvalue weighted by Gasteiger charge is 2.64. The van der Waals surface area contributed by atoms with Gasteiger partial charge in [0.2, 0.25) is 0 Å². The Morgan fingerprint density at radius 3 is 2.44 bits per heavy atom. The number of fused-ring (bicyclic) bond motifs is 5. The van der Waals surface area contributed by atoms with E-state index in [0.717, 1.165) is 36.6 Å². The Labute approximate surface area is 155 Å². The van der Waals surface area contributed by atoms with E-state index < -0.39 is 5.60 Å². The summed E-state index contributed by atoms with van der Waals surface area (Å²) in [7, 11) is 0. The minimum Gasteiger partial charge on any atom is -0.388 e. The summed E-state index contributed by atoms with van der Waals surface area (Å²) >= 11 is 0. The van der Waals surface area contributed by atoms with Crippen molar-refractivity contribution < 1.29 is 5.11 Å². The number of hydrogen-bond acceptors (Lipinski definition) is 2. The SMILES string of the molecule is CC(C)NC[C@]1(O)CC[C@H]2[C@H]3CC[C@H]4CCCC[C@]4(C)[C@@H]3CC[C@@]21C. The summed E-state index contributed by atoms with van der Waals surface area (Å²) in [4.78, 5) is 0. The second-order valence-corrected chi connectivity index (χ2v) is 11.0. The molecule has 0 saturated heterocycles. The summed E-state index contributed by atoms with van der Waals surface area (Å²) in [6, 6.07) is 0.458. The number of hydrogen-bond donors (Lipinski definition) is 2. The topological polar surface area (TPSA) is 32.3 Å². The molecule has 2 N–H and O–H groups in total. The molecule has 0 aromatic rings. The van der Waals surface area contributed by atoms with Crippen molar-refractivity contribution in [3.63, 3.8) is 0 Å². The first kappa shape index (κ1) is 18.3. The van der Waals surface area contributed by atoms with E-state index in [-0.39, 0.29) is 5.41 Å². The Morgan fingerprint density at radius 2 is 1.68 bits per heavy atom. The molecule has 0 spiro atoms. The van der Waals surface area contributed by atoms with Crippen LogP contribution >= 0.6 is 0 Å². The van der Waals surface area contributed by atoms with Gasteiger partial charge in [-0.2, -0.15) is 0 Å². The molecule has 0 amide bonds. The van der Waals surface area contributed by atoms with Crippen LogP contribution in [-0.4, -0.2) is 23.3 Å². The van der Waals surface area contributed by atoms with E-state index in [4.69, 9.17) is 0 Å². The highest BCUT2D eigenvalue weighted by molar-refractivity contribution is 5.14. The van der Waals surface area contributed by atoms with Crippen LogP contribution in [0.1, 0.15) is 91.9 Å². The van der Waals surface area contributed by atoms with E-state index in [1.54, 1.807) is 0 Å². The molecule has 7 atom stereocenters. The molecular weight excluding hydrogens is 306 g/mol. The minimum absolute atomic E-state index is 0.133. The molecule has 2 heteroatoms. The first-order valence-corrected chi connectivity index (χ1v) is 11.3. The smallest absolute Gasteiger partial charge is 0.0827 e. The van der Waals surface area contributed by atoms with E-state index in [1.807, 2.05) is 0 Å². The third-order valence-corrected chi connectivity index (χ3v) is 9.71. The summed E-state index contributed by atoms with van der Waals surface area (Å²) in [5.41, 5.74) is 0.254. The fourth-order valence-corrected chi connectivity index (χ4v) is 8.07. The lowest BCUT2D eigenvalue weighted by Gasteiger charge is -2.61. The zero-order valence-corrected chi connectivity index (χ0v) is 17.1. The Morgan fingerprint density at radius 1 is 0.920 bits per heavy atom. The molecule has 4 aliphatic carbocycles. The van der Waals surface area contributed by atoms with Crippen molar-refractivity contribution >= 4 is 0 Å². The molecule has 4 rings (SSSR count). The van der Waals surface area contributed by atoms with Gasteiger partial charge in [0.1, 0.15) is 0 Å². The largest absolute Gasteiger partial charge is 0.388 e. The van der Waals surface area contributed by atoms with Crippen LogP contribution in [0.3, 0.4) is 0 Å². The molecule has 0 heterocycles. The van der Waals surface area contributed by atoms with Crippen LogP contribution in [0.15, 0.2) is 0 Å². The number of nitrogens with one attached hydrogen (secondary N) is 1. The van der Waals surface area contributed by atoms with Crippen LogP contribution < -0.4 is 5.32 Å². The summed E-state index contributed by atoms with van der Waals surface area (Å²) < 4.78 is 0. The van der Waals surface area contributed by atoms with Crippen molar-refractivity contribution in [2.45, 2.75) is 104 Å². The van der Waals surface area contributed by atoms with Gasteiger partial charge in [-0.15, -0.1) is 0 Å². The van der Waals surface area contributed by atoms with Gasteiger partial charge < -0.3 is 10.4 Å². The molecule has 0 radical (unpaired) electrons. The summed E-state index contributed by atoms with van der Waals surface area (Å²) in [5.74, 6) is 3.57. The Balaban J connectivity index is 1.57. The Hall–Kier alpha value is -0.0800. The molecule has 0 aliphatic heterocycles. The van der Waals surface area contributed by atoms with Crippen molar-refractivity contribution in [3.05, 3.63) is 0 Å². The van der Waals surface area contributed by atoms with Gasteiger partial charge in [-0.25, -0.2) is 0 Å². The van der Waals surface area contributed by atoms with Crippen LogP contribution in [0.2, 0.25) is 0 Å². The van der Waals surface area contributed by atoms with Crippen LogP contribution in [-0.2, 0) is 0 Å². The molecule has 144 valence electrons. The maximum absolute atomic E-state index is 11.6. The van der Waals surface area contributed by atoms with Gasteiger partial charge >= 0.3 is 0 Å². The molecule has 0 unspecified atom stereocenters. The lowest BCUT2D eigenvalue weighted by molar-refractivity contribution is -0.150. The van der Waals surface area contributed by atoms with E-state index in [1.165, 1.54) is 57.8 Å². The maximum Gasteiger partial charge on any atom is 0.0827 e. The van der Waals surface area contributed by atoms with Crippen molar-refractivity contribution in [2.75, 3.05) is 6.54 Å². The molecule has 25 heavy (non-hydrogen) atoms. The van der Waals surface area contributed by atoms with Crippen LogP contribution in [0.5, 0.6) is 0 Å². The van der Waals surface area contributed by atoms with Gasteiger partial charge in [0.05, 0.1) is 5.60 Å². The summed E-state index contributed by atoms with van der Waals surface area (Å²) in [6.45, 7) is 10.3. The lowest BCUT2D eigenvalue weighted by Crippen LogP contribution is -2.58. The zero-order valence-electron chi connectivity index (χ0n) is 17.1. The normalized spacial score (nSPS) is 52.6. The molecule has 4 fully saturated rings. The van der Waals surface area contributed by atoms with Gasteiger partial charge in [0.25, 0.3) is 0 Å².